The Balaban J connectivity index is 1.68. The molecule has 0 saturated heterocycles. The van der Waals surface area contributed by atoms with Crippen molar-refractivity contribution < 1.29 is 0 Å². The maximum absolute atomic E-state index is 4.65. The quantitative estimate of drug-likeness (QED) is 0.748. The summed E-state index contributed by atoms with van der Waals surface area (Å²) in [5.74, 6) is 0.565. The van der Waals surface area contributed by atoms with Crippen LogP contribution in [0.1, 0.15) is 30.2 Å². The molecule has 0 aliphatic carbocycles. The van der Waals surface area contributed by atoms with Crippen LogP contribution in [0.5, 0.6) is 0 Å². The standard InChI is InChI=1S/C17H19N5S/c1-3-13-14(4-2)21-22-17(20-13)18-10-16-19-15(11-23-16)12-8-6-5-7-9-12/h5-9,11H,3-4,10H2,1-2H3,(H,18,20,22). The van der Waals surface area contributed by atoms with Crippen molar-refractivity contribution in [2.24, 2.45) is 0 Å². The third kappa shape index (κ3) is 3.71. The molecule has 0 spiro atoms. The van der Waals surface area contributed by atoms with E-state index in [0.717, 1.165) is 40.5 Å². The molecule has 3 rings (SSSR count). The smallest absolute Gasteiger partial charge is 0.243 e. The Morgan fingerprint density at radius 2 is 1.74 bits per heavy atom. The van der Waals surface area contributed by atoms with Crippen LogP contribution in [0.15, 0.2) is 35.7 Å². The van der Waals surface area contributed by atoms with Crippen LogP contribution in [0.2, 0.25) is 0 Å². The van der Waals surface area contributed by atoms with Gasteiger partial charge in [-0.3, -0.25) is 0 Å². The predicted octanol–water partition coefficient (Wildman–Crippen LogP) is 3.73. The summed E-state index contributed by atoms with van der Waals surface area (Å²) in [5.41, 5.74) is 4.11. The normalized spacial score (nSPS) is 10.7. The summed E-state index contributed by atoms with van der Waals surface area (Å²) in [4.78, 5) is 9.19. The number of aromatic nitrogens is 4. The maximum Gasteiger partial charge on any atom is 0.243 e. The second-order valence-corrected chi connectivity index (χ2v) is 6.02. The summed E-state index contributed by atoms with van der Waals surface area (Å²) in [5, 5.41) is 14.7. The van der Waals surface area contributed by atoms with E-state index in [0.29, 0.717) is 12.5 Å². The highest BCUT2D eigenvalue weighted by Gasteiger charge is 2.08. The lowest BCUT2D eigenvalue weighted by Crippen LogP contribution is -2.09. The van der Waals surface area contributed by atoms with Gasteiger partial charge in [0.1, 0.15) is 5.01 Å². The Labute approximate surface area is 139 Å². The van der Waals surface area contributed by atoms with Gasteiger partial charge in [0, 0.05) is 10.9 Å². The molecule has 0 aliphatic heterocycles. The number of anilines is 1. The van der Waals surface area contributed by atoms with Gasteiger partial charge in [-0.15, -0.1) is 16.4 Å². The number of hydrogen-bond donors (Lipinski definition) is 1. The monoisotopic (exact) mass is 325 g/mol. The molecule has 0 radical (unpaired) electrons. The first-order valence-electron chi connectivity index (χ1n) is 7.76. The Morgan fingerprint density at radius 1 is 0.957 bits per heavy atom. The van der Waals surface area contributed by atoms with Gasteiger partial charge >= 0.3 is 0 Å². The molecule has 3 aromatic rings. The number of benzene rings is 1. The second kappa shape index (κ2) is 7.28. The van der Waals surface area contributed by atoms with Crippen LogP contribution >= 0.6 is 11.3 Å². The average Bonchev–Trinajstić information content (AvgIpc) is 3.09. The van der Waals surface area contributed by atoms with Crippen molar-refractivity contribution >= 4 is 17.3 Å². The van der Waals surface area contributed by atoms with Crippen LogP contribution in [0.25, 0.3) is 11.3 Å². The largest absolute Gasteiger partial charge is 0.346 e. The van der Waals surface area contributed by atoms with Gasteiger partial charge in [0.2, 0.25) is 5.95 Å². The van der Waals surface area contributed by atoms with Crippen molar-refractivity contribution in [2.45, 2.75) is 33.2 Å². The number of nitrogens with zero attached hydrogens (tertiary/aromatic N) is 4. The zero-order chi connectivity index (χ0) is 16.1. The number of hydrogen-bond acceptors (Lipinski definition) is 6. The molecule has 0 atom stereocenters. The molecule has 0 unspecified atom stereocenters. The third-order valence-electron chi connectivity index (χ3n) is 3.53. The minimum atomic E-state index is 0.565. The van der Waals surface area contributed by atoms with Gasteiger partial charge in [0.05, 0.1) is 23.6 Å². The minimum Gasteiger partial charge on any atom is -0.346 e. The van der Waals surface area contributed by atoms with Gasteiger partial charge in [-0.1, -0.05) is 44.2 Å². The lowest BCUT2D eigenvalue weighted by molar-refractivity contribution is 0.819. The van der Waals surface area contributed by atoms with E-state index < -0.39 is 0 Å². The van der Waals surface area contributed by atoms with Crippen molar-refractivity contribution in [1.82, 2.24) is 20.2 Å². The van der Waals surface area contributed by atoms with Crippen LogP contribution in [0.4, 0.5) is 5.95 Å². The van der Waals surface area contributed by atoms with Crippen LogP contribution in [0, 0.1) is 0 Å². The van der Waals surface area contributed by atoms with Gasteiger partial charge in [0.15, 0.2) is 0 Å². The number of rotatable bonds is 6. The summed E-state index contributed by atoms with van der Waals surface area (Å²) in [6.45, 7) is 4.76. The number of nitrogens with one attached hydrogen (secondary N) is 1. The fourth-order valence-electron chi connectivity index (χ4n) is 2.30. The maximum atomic E-state index is 4.65. The van der Waals surface area contributed by atoms with E-state index in [-0.39, 0.29) is 0 Å². The predicted molar refractivity (Wildman–Crippen MR) is 93.5 cm³/mol. The molecule has 6 heteroatoms. The molecule has 5 nitrogen and oxygen atoms in total. The molecule has 118 valence electrons. The fourth-order valence-corrected chi connectivity index (χ4v) is 3.04. The van der Waals surface area contributed by atoms with Gasteiger partial charge in [-0.2, -0.15) is 5.10 Å². The van der Waals surface area contributed by atoms with Gasteiger partial charge in [-0.05, 0) is 12.8 Å². The molecule has 2 aromatic heterocycles. The highest BCUT2D eigenvalue weighted by molar-refractivity contribution is 7.09. The van der Waals surface area contributed by atoms with E-state index in [2.05, 4.69) is 56.8 Å². The highest BCUT2D eigenvalue weighted by Crippen LogP contribution is 2.21. The van der Waals surface area contributed by atoms with E-state index in [1.807, 2.05) is 18.2 Å². The van der Waals surface area contributed by atoms with Crippen LogP contribution in [-0.2, 0) is 19.4 Å². The first-order valence-corrected chi connectivity index (χ1v) is 8.64. The van der Waals surface area contributed by atoms with Crippen LogP contribution < -0.4 is 5.32 Å². The zero-order valence-corrected chi connectivity index (χ0v) is 14.1. The first kappa shape index (κ1) is 15.6. The van der Waals surface area contributed by atoms with Crippen LogP contribution in [-0.4, -0.2) is 20.2 Å². The van der Waals surface area contributed by atoms with Gasteiger partial charge < -0.3 is 5.32 Å². The van der Waals surface area contributed by atoms with Gasteiger partial charge in [0.25, 0.3) is 0 Å². The summed E-state index contributed by atoms with van der Waals surface area (Å²) in [6.07, 6.45) is 1.72. The molecule has 0 amide bonds. The molecule has 0 aliphatic rings. The van der Waals surface area contributed by atoms with Crippen molar-refractivity contribution in [3.05, 3.63) is 52.1 Å². The Morgan fingerprint density at radius 3 is 2.48 bits per heavy atom. The Hall–Kier alpha value is -2.34. The number of thiazole rings is 1. The lowest BCUT2D eigenvalue weighted by atomic mass is 10.2. The SMILES string of the molecule is CCc1nnc(NCc2nc(-c3ccccc3)cs2)nc1CC. The molecule has 1 aromatic carbocycles. The summed E-state index contributed by atoms with van der Waals surface area (Å²) in [7, 11) is 0. The zero-order valence-electron chi connectivity index (χ0n) is 13.3. The minimum absolute atomic E-state index is 0.565. The molecule has 1 N–H and O–H groups in total. The molecule has 23 heavy (non-hydrogen) atoms. The van der Waals surface area contributed by atoms with Crippen molar-refractivity contribution in [1.29, 1.82) is 0 Å². The van der Waals surface area contributed by atoms with E-state index in [4.69, 9.17) is 0 Å². The second-order valence-electron chi connectivity index (χ2n) is 5.08. The van der Waals surface area contributed by atoms with E-state index >= 15 is 0 Å². The highest BCUT2D eigenvalue weighted by atomic mass is 32.1. The van der Waals surface area contributed by atoms with E-state index in [9.17, 15) is 0 Å². The fraction of sp³-hybridized carbons (Fsp3) is 0.294. The molecule has 0 saturated carbocycles. The summed E-state index contributed by atoms with van der Waals surface area (Å²) in [6, 6.07) is 10.2. The lowest BCUT2D eigenvalue weighted by Gasteiger charge is -2.06. The summed E-state index contributed by atoms with van der Waals surface area (Å²) >= 11 is 1.63. The van der Waals surface area contributed by atoms with Crippen molar-refractivity contribution in [3.63, 3.8) is 0 Å². The van der Waals surface area contributed by atoms with Crippen molar-refractivity contribution in [3.8, 4) is 11.3 Å². The number of aryl methyl sites for hydroxylation is 2. The Kier molecular flexibility index (Phi) is 4.92. The van der Waals surface area contributed by atoms with Crippen LogP contribution in [0.3, 0.4) is 0 Å². The molecular formula is C17H19N5S. The Bertz CT molecular complexity index is 770. The third-order valence-corrected chi connectivity index (χ3v) is 4.38. The average molecular weight is 325 g/mol. The molecule has 2 heterocycles. The molecule has 0 fully saturated rings. The molecule has 0 bridgehead atoms. The topological polar surface area (TPSA) is 63.6 Å². The summed E-state index contributed by atoms with van der Waals surface area (Å²) < 4.78 is 0. The van der Waals surface area contributed by atoms with Crippen molar-refractivity contribution in [2.75, 3.05) is 5.32 Å². The van der Waals surface area contributed by atoms with E-state index in [1.54, 1.807) is 11.3 Å². The molecular weight excluding hydrogens is 306 g/mol. The first-order chi connectivity index (χ1) is 11.3. The van der Waals surface area contributed by atoms with Gasteiger partial charge in [-0.25, -0.2) is 9.97 Å². The van der Waals surface area contributed by atoms with E-state index in [1.165, 1.54) is 0 Å².